The Bertz CT molecular complexity index is 143. The van der Waals surface area contributed by atoms with Gasteiger partial charge in [0.15, 0.2) is 5.78 Å². The average molecular weight is 157 g/mol. The number of amides is 1. The maximum Gasteiger partial charge on any atom is 0.207 e. The highest BCUT2D eigenvalue weighted by atomic mass is 16.1. The largest absolute Gasteiger partial charge is 0.349 e. The van der Waals surface area contributed by atoms with E-state index < -0.39 is 0 Å². The first-order chi connectivity index (χ1) is 5.07. The third-order valence-corrected chi connectivity index (χ3v) is 1.47. The van der Waals surface area contributed by atoms with Crippen LogP contribution in [0.2, 0.25) is 0 Å². The van der Waals surface area contributed by atoms with Crippen LogP contribution in [0.15, 0.2) is 0 Å². The van der Waals surface area contributed by atoms with E-state index in [1.165, 1.54) is 6.92 Å². The van der Waals surface area contributed by atoms with Gasteiger partial charge in [-0.3, -0.25) is 9.59 Å². The van der Waals surface area contributed by atoms with E-state index in [2.05, 4.69) is 5.32 Å². The molecule has 0 radical (unpaired) electrons. The van der Waals surface area contributed by atoms with Gasteiger partial charge < -0.3 is 5.32 Å². The highest BCUT2D eigenvalue weighted by molar-refractivity contribution is 5.83. The molecule has 0 fully saturated rings. The van der Waals surface area contributed by atoms with E-state index >= 15 is 0 Å². The molecule has 0 aromatic carbocycles. The van der Waals surface area contributed by atoms with Crippen LogP contribution in [0.4, 0.5) is 0 Å². The lowest BCUT2D eigenvalue weighted by molar-refractivity contribution is -0.122. The van der Waals surface area contributed by atoms with E-state index in [9.17, 15) is 9.59 Å². The lowest BCUT2D eigenvalue weighted by atomic mass is 10.0. The van der Waals surface area contributed by atoms with Crippen molar-refractivity contribution in [2.24, 2.45) is 5.92 Å². The molecule has 0 aliphatic heterocycles. The molecule has 0 spiro atoms. The minimum absolute atomic E-state index is 0.0193. The van der Waals surface area contributed by atoms with Crippen LogP contribution < -0.4 is 5.32 Å². The summed E-state index contributed by atoms with van der Waals surface area (Å²) in [5.41, 5.74) is 0. The molecule has 3 nitrogen and oxygen atoms in total. The average Bonchev–Trinajstić information content (AvgIpc) is 1.86. The Morgan fingerprint density at radius 2 is 2.09 bits per heavy atom. The van der Waals surface area contributed by atoms with Crippen LogP contribution in [-0.2, 0) is 9.59 Å². The molecule has 0 aliphatic rings. The molecule has 0 aliphatic carbocycles. The fourth-order valence-electron chi connectivity index (χ4n) is 0.905. The standard InChI is InChI=1S/C8H15NO2/c1-6(2)4-8(7(3)11)9-5-10/h5-6,8H,4H2,1-3H3,(H,9,10)/t8-/m1/s1. The number of hydrogen-bond donors (Lipinski definition) is 1. The number of Topliss-reactive ketones (excluding diaryl/α,β-unsaturated/α-hetero) is 1. The molecular formula is C8H15NO2. The van der Waals surface area contributed by atoms with Gasteiger partial charge in [-0.2, -0.15) is 0 Å². The summed E-state index contributed by atoms with van der Waals surface area (Å²) in [6.45, 7) is 5.52. The molecule has 0 aromatic heterocycles. The predicted octanol–water partition coefficient (Wildman–Crippen LogP) is 0.736. The van der Waals surface area contributed by atoms with E-state index in [1.54, 1.807) is 0 Å². The van der Waals surface area contributed by atoms with Gasteiger partial charge in [-0.15, -0.1) is 0 Å². The van der Waals surface area contributed by atoms with Crippen LogP contribution in [0, 0.1) is 5.92 Å². The second-order valence-electron chi connectivity index (χ2n) is 3.08. The summed E-state index contributed by atoms with van der Waals surface area (Å²) in [4.78, 5) is 20.9. The van der Waals surface area contributed by atoms with Crippen molar-refractivity contribution < 1.29 is 9.59 Å². The smallest absolute Gasteiger partial charge is 0.207 e. The van der Waals surface area contributed by atoms with Gasteiger partial charge in [-0.25, -0.2) is 0 Å². The zero-order valence-electron chi connectivity index (χ0n) is 7.26. The van der Waals surface area contributed by atoms with Crippen LogP contribution in [0.3, 0.4) is 0 Å². The van der Waals surface area contributed by atoms with Crippen LogP contribution >= 0.6 is 0 Å². The third-order valence-electron chi connectivity index (χ3n) is 1.47. The van der Waals surface area contributed by atoms with Crippen molar-refractivity contribution in [3.05, 3.63) is 0 Å². The molecule has 0 saturated heterocycles. The zero-order valence-corrected chi connectivity index (χ0v) is 7.26. The maximum atomic E-state index is 10.8. The van der Waals surface area contributed by atoms with Crippen molar-refractivity contribution in [3.63, 3.8) is 0 Å². The molecule has 64 valence electrons. The van der Waals surface area contributed by atoms with Crippen LogP contribution in [-0.4, -0.2) is 18.2 Å². The van der Waals surface area contributed by atoms with Crippen molar-refractivity contribution >= 4 is 12.2 Å². The van der Waals surface area contributed by atoms with Crippen molar-refractivity contribution in [1.29, 1.82) is 0 Å². The zero-order chi connectivity index (χ0) is 8.85. The topological polar surface area (TPSA) is 46.2 Å². The first-order valence-electron chi connectivity index (χ1n) is 3.78. The van der Waals surface area contributed by atoms with Gasteiger partial charge in [-0.1, -0.05) is 13.8 Å². The first kappa shape index (κ1) is 10.1. The molecule has 0 heterocycles. The lowest BCUT2D eigenvalue weighted by Gasteiger charge is -2.14. The van der Waals surface area contributed by atoms with Gasteiger partial charge in [0, 0.05) is 0 Å². The summed E-state index contributed by atoms with van der Waals surface area (Å²) in [6, 6.07) is -0.299. The molecule has 0 aromatic rings. The van der Waals surface area contributed by atoms with E-state index in [1.807, 2.05) is 13.8 Å². The highest BCUT2D eigenvalue weighted by Gasteiger charge is 2.13. The van der Waals surface area contributed by atoms with E-state index in [-0.39, 0.29) is 11.8 Å². The molecule has 0 saturated carbocycles. The summed E-state index contributed by atoms with van der Waals surface area (Å²) in [5.74, 6) is 0.446. The van der Waals surface area contributed by atoms with Gasteiger partial charge in [0.2, 0.25) is 6.41 Å². The number of hydrogen-bond acceptors (Lipinski definition) is 2. The van der Waals surface area contributed by atoms with Crippen molar-refractivity contribution in [2.45, 2.75) is 33.2 Å². The van der Waals surface area contributed by atoms with Gasteiger partial charge in [0.1, 0.15) is 0 Å². The molecule has 0 unspecified atom stereocenters. The monoisotopic (exact) mass is 157 g/mol. The maximum absolute atomic E-state index is 10.8. The van der Waals surface area contributed by atoms with Crippen molar-refractivity contribution in [3.8, 4) is 0 Å². The van der Waals surface area contributed by atoms with Crippen LogP contribution in [0.1, 0.15) is 27.2 Å². The number of carbonyl (C=O) groups excluding carboxylic acids is 2. The van der Waals surface area contributed by atoms with Crippen LogP contribution in [0.5, 0.6) is 0 Å². The molecule has 3 heteroatoms. The second kappa shape index (κ2) is 4.88. The van der Waals surface area contributed by atoms with E-state index in [4.69, 9.17) is 0 Å². The molecule has 11 heavy (non-hydrogen) atoms. The van der Waals surface area contributed by atoms with E-state index in [0.29, 0.717) is 18.7 Å². The van der Waals surface area contributed by atoms with Gasteiger partial charge in [0.25, 0.3) is 0 Å². The Hall–Kier alpha value is -0.860. The Morgan fingerprint density at radius 3 is 2.36 bits per heavy atom. The molecule has 1 amide bonds. The first-order valence-corrected chi connectivity index (χ1v) is 3.78. The predicted molar refractivity (Wildman–Crippen MR) is 43.1 cm³/mol. The molecule has 1 N–H and O–H groups in total. The Balaban J connectivity index is 3.88. The van der Waals surface area contributed by atoms with Crippen molar-refractivity contribution in [2.75, 3.05) is 0 Å². The summed E-state index contributed by atoms with van der Waals surface area (Å²) in [6.07, 6.45) is 1.29. The number of carbonyl (C=O) groups is 2. The highest BCUT2D eigenvalue weighted by Crippen LogP contribution is 2.04. The normalized spacial score (nSPS) is 12.7. The summed E-state index contributed by atoms with van der Waals surface area (Å²) in [7, 11) is 0. The summed E-state index contributed by atoms with van der Waals surface area (Å²) >= 11 is 0. The van der Waals surface area contributed by atoms with Gasteiger partial charge >= 0.3 is 0 Å². The fraction of sp³-hybridized carbons (Fsp3) is 0.750. The molecule has 0 rings (SSSR count). The minimum Gasteiger partial charge on any atom is -0.349 e. The lowest BCUT2D eigenvalue weighted by Crippen LogP contribution is -2.35. The number of ketones is 1. The molecule has 0 bridgehead atoms. The fourth-order valence-corrected chi connectivity index (χ4v) is 0.905. The van der Waals surface area contributed by atoms with Gasteiger partial charge in [0.05, 0.1) is 6.04 Å². The summed E-state index contributed by atoms with van der Waals surface area (Å²) < 4.78 is 0. The SMILES string of the molecule is CC(=O)[C@@H](CC(C)C)NC=O. The quantitative estimate of drug-likeness (QED) is 0.598. The Kier molecular flexibility index (Phi) is 4.50. The second-order valence-corrected chi connectivity index (χ2v) is 3.08. The van der Waals surface area contributed by atoms with Crippen molar-refractivity contribution in [1.82, 2.24) is 5.32 Å². The molecular weight excluding hydrogens is 142 g/mol. The minimum atomic E-state index is -0.299. The van der Waals surface area contributed by atoms with Gasteiger partial charge in [-0.05, 0) is 19.3 Å². The molecule has 1 atom stereocenters. The Morgan fingerprint density at radius 1 is 1.55 bits per heavy atom. The number of nitrogens with one attached hydrogen (secondary N) is 1. The number of rotatable bonds is 5. The third kappa shape index (κ3) is 4.53. The van der Waals surface area contributed by atoms with E-state index in [0.717, 1.165) is 0 Å². The Labute approximate surface area is 67.2 Å². The van der Waals surface area contributed by atoms with Crippen LogP contribution in [0.25, 0.3) is 0 Å². The summed E-state index contributed by atoms with van der Waals surface area (Å²) in [5, 5.41) is 2.48.